The molecular formula is C21H17BrN2O5S. The van der Waals surface area contributed by atoms with Crippen LogP contribution in [0.25, 0.3) is 11.0 Å². The monoisotopic (exact) mass is 488 g/mol. The molecule has 4 aromatic rings. The number of fused-ring (bicyclic) bond motifs is 1. The van der Waals surface area contributed by atoms with Crippen molar-refractivity contribution in [3.63, 3.8) is 0 Å². The molecule has 0 saturated carbocycles. The fourth-order valence-corrected chi connectivity index (χ4v) is 4.40. The molecule has 0 fully saturated rings. The number of nitrogens with one attached hydrogen (secondary N) is 2. The predicted octanol–water partition coefficient (Wildman–Crippen LogP) is 4.83. The maximum Gasteiger partial charge on any atom is 0.291 e. The van der Waals surface area contributed by atoms with E-state index in [0.29, 0.717) is 22.6 Å². The van der Waals surface area contributed by atoms with Gasteiger partial charge in [-0.25, -0.2) is 13.1 Å². The molecule has 2 N–H and O–H groups in total. The predicted molar refractivity (Wildman–Crippen MR) is 116 cm³/mol. The number of benzene rings is 2. The highest BCUT2D eigenvalue weighted by Crippen LogP contribution is 2.28. The molecule has 4 rings (SSSR count). The highest BCUT2D eigenvalue weighted by atomic mass is 79.9. The molecule has 0 unspecified atom stereocenters. The van der Waals surface area contributed by atoms with Gasteiger partial charge in [-0.1, -0.05) is 22.0 Å². The highest BCUT2D eigenvalue weighted by Gasteiger charge is 2.19. The Balaban J connectivity index is 1.54. The Labute approximate surface area is 181 Å². The number of hydrogen-bond donors (Lipinski definition) is 2. The first kappa shape index (κ1) is 20.4. The Bertz CT molecular complexity index is 1330. The molecule has 0 atom stereocenters. The van der Waals surface area contributed by atoms with Crippen molar-refractivity contribution in [1.82, 2.24) is 4.72 Å². The van der Waals surface area contributed by atoms with Crippen molar-refractivity contribution in [3.8, 4) is 0 Å². The summed E-state index contributed by atoms with van der Waals surface area (Å²) in [6.45, 7) is 1.83. The first-order valence-corrected chi connectivity index (χ1v) is 11.2. The maximum atomic E-state index is 12.7. The summed E-state index contributed by atoms with van der Waals surface area (Å²) in [6, 6.07) is 14.8. The minimum Gasteiger partial charge on any atom is -0.468 e. The number of carbonyl (C=O) groups is 1. The third kappa shape index (κ3) is 4.18. The number of carbonyl (C=O) groups excluding carboxylic acids is 1. The Morgan fingerprint density at radius 3 is 2.70 bits per heavy atom. The van der Waals surface area contributed by atoms with Gasteiger partial charge in [-0.2, -0.15) is 0 Å². The first-order chi connectivity index (χ1) is 14.3. The third-order valence-electron chi connectivity index (χ3n) is 4.52. The van der Waals surface area contributed by atoms with Crippen molar-refractivity contribution in [2.24, 2.45) is 0 Å². The van der Waals surface area contributed by atoms with E-state index in [1.165, 1.54) is 18.4 Å². The number of furan rings is 2. The quantitative estimate of drug-likeness (QED) is 0.404. The normalized spacial score (nSPS) is 11.7. The first-order valence-electron chi connectivity index (χ1n) is 8.95. The van der Waals surface area contributed by atoms with E-state index in [-0.39, 0.29) is 17.2 Å². The number of amides is 1. The average molecular weight is 489 g/mol. The van der Waals surface area contributed by atoms with Crippen LogP contribution in [-0.2, 0) is 16.6 Å². The lowest BCUT2D eigenvalue weighted by molar-refractivity contribution is 0.0998. The summed E-state index contributed by atoms with van der Waals surface area (Å²) in [5.41, 5.74) is 1.63. The van der Waals surface area contributed by atoms with Gasteiger partial charge in [0.1, 0.15) is 11.3 Å². The van der Waals surface area contributed by atoms with Crippen LogP contribution in [-0.4, -0.2) is 14.3 Å². The van der Waals surface area contributed by atoms with Gasteiger partial charge in [-0.3, -0.25) is 4.79 Å². The molecule has 0 bridgehead atoms. The molecule has 2 heterocycles. The zero-order valence-corrected chi connectivity index (χ0v) is 18.2. The van der Waals surface area contributed by atoms with Crippen molar-refractivity contribution in [1.29, 1.82) is 0 Å². The van der Waals surface area contributed by atoms with Gasteiger partial charge in [0.15, 0.2) is 5.76 Å². The molecule has 2 aromatic heterocycles. The number of aryl methyl sites for hydroxylation is 1. The average Bonchev–Trinajstić information content (AvgIpc) is 3.35. The second-order valence-electron chi connectivity index (χ2n) is 6.58. The van der Waals surface area contributed by atoms with Crippen molar-refractivity contribution < 1.29 is 22.0 Å². The van der Waals surface area contributed by atoms with Crippen LogP contribution < -0.4 is 10.0 Å². The number of anilines is 1. The number of sulfonamides is 1. The lowest BCUT2D eigenvalue weighted by Gasteiger charge is -2.08. The minimum atomic E-state index is -3.78. The van der Waals surface area contributed by atoms with E-state index in [9.17, 15) is 13.2 Å². The third-order valence-corrected chi connectivity index (χ3v) is 6.42. The SMILES string of the molecule is Cc1c(C(=O)Nc2cccc(S(=O)(=O)NCc3ccco3)c2)oc2ccc(Br)cc12. The summed E-state index contributed by atoms with van der Waals surface area (Å²) in [7, 11) is -3.78. The van der Waals surface area contributed by atoms with Gasteiger partial charge in [0.2, 0.25) is 10.0 Å². The van der Waals surface area contributed by atoms with E-state index < -0.39 is 15.9 Å². The van der Waals surface area contributed by atoms with Gasteiger partial charge in [0, 0.05) is 21.1 Å². The lowest BCUT2D eigenvalue weighted by Crippen LogP contribution is -2.23. The van der Waals surface area contributed by atoms with E-state index in [4.69, 9.17) is 8.83 Å². The van der Waals surface area contributed by atoms with Crippen molar-refractivity contribution >= 4 is 48.5 Å². The molecule has 0 aliphatic rings. The van der Waals surface area contributed by atoms with E-state index in [0.717, 1.165) is 9.86 Å². The fourth-order valence-electron chi connectivity index (χ4n) is 3.00. The molecule has 0 aliphatic heterocycles. The molecule has 7 nitrogen and oxygen atoms in total. The van der Waals surface area contributed by atoms with Gasteiger partial charge in [0.05, 0.1) is 17.7 Å². The van der Waals surface area contributed by atoms with Gasteiger partial charge in [-0.15, -0.1) is 0 Å². The number of halogens is 1. The van der Waals surface area contributed by atoms with Crippen LogP contribution in [0.1, 0.15) is 21.9 Å². The maximum absolute atomic E-state index is 12.7. The van der Waals surface area contributed by atoms with Crippen LogP contribution in [0.2, 0.25) is 0 Å². The standard InChI is InChI=1S/C21H17BrN2O5S/c1-13-18-10-14(22)7-8-19(18)29-20(13)21(25)24-15-4-2-6-17(11-15)30(26,27)23-12-16-5-3-9-28-16/h2-11,23H,12H2,1H3,(H,24,25). The van der Waals surface area contributed by atoms with Crippen LogP contribution >= 0.6 is 15.9 Å². The van der Waals surface area contributed by atoms with E-state index in [1.54, 1.807) is 37.3 Å². The smallest absolute Gasteiger partial charge is 0.291 e. The second-order valence-corrected chi connectivity index (χ2v) is 9.27. The Kier molecular flexibility index (Phi) is 5.50. The molecule has 9 heteroatoms. The molecule has 1 amide bonds. The Morgan fingerprint density at radius 2 is 1.93 bits per heavy atom. The molecule has 2 aromatic carbocycles. The topological polar surface area (TPSA) is 102 Å². The summed E-state index contributed by atoms with van der Waals surface area (Å²) in [4.78, 5) is 12.8. The number of hydrogen-bond acceptors (Lipinski definition) is 5. The fraction of sp³-hybridized carbons (Fsp3) is 0.0952. The summed E-state index contributed by atoms with van der Waals surface area (Å²) >= 11 is 3.41. The molecule has 0 spiro atoms. The Hall–Kier alpha value is -2.88. The van der Waals surface area contributed by atoms with Crippen molar-refractivity contribution in [2.75, 3.05) is 5.32 Å². The highest BCUT2D eigenvalue weighted by molar-refractivity contribution is 9.10. The van der Waals surface area contributed by atoms with E-state index in [1.807, 2.05) is 12.1 Å². The summed E-state index contributed by atoms with van der Waals surface area (Å²) in [5, 5.41) is 3.53. The van der Waals surface area contributed by atoms with Crippen molar-refractivity contribution in [3.05, 3.63) is 82.4 Å². The van der Waals surface area contributed by atoms with Crippen LogP contribution in [0.4, 0.5) is 5.69 Å². The van der Waals surface area contributed by atoms with Gasteiger partial charge >= 0.3 is 0 Å². The van der Waals surface area contributed by atoms with E-state index in [2.05, 4.69) is 26.0 Å². The second kappa shape index (κ2) is 8.10. The lowest BCUT2D eigenvalue weighted by atomic mass is 10.1. The van der Waals surface area contributed by atoms with Crippen LogP contribution in [0, 0.1) is 6.92 Å². The molecule has 0 radical (unpaired) electrons. The van der Waals surface area contributed by atoms with Crippen LogP contribution in [0.5, 0.6) is 0 Å². The largest absolute Gasteiger partial charge is 0.468 e. The van der Waals surface area contributed by atoms with Crippen LogP contribution in [0.3, 0.4) is 0 Å². The molecular weight excluding hydrogens is 472 g/mol. The van der Waals surface area contributed by atoms with Crippen LogP contribution in [0.15, 0.2) is 79.1 Å². The minimum absolute atomic E-state index is 0.0251. The van der Waals surface area contributed by atoms with Gasteiger partial charge in [-0.05, 0) is 55.5 Å². The zero-order valence-electron chi connectivity index (χ0n) is 15.8. The van der Waals surface area contributed by atoms with Crippen molar-refractivity contribution in [2.45, 2.75) is 18.4 Å². The van der Waals surface area contributed by atoms with Gasteiger partial charge < -0.3 is 14.2 Å². The molecule has 0 saturated heterocycles. The Morgan fingerprint density at radius 1 is 1.10 bits per heavy atom. The number of rotatable bonds is 6. The molecule has 0 aliphatic carbocycles. The summed E-state index contributed by atoms with van der Waals surface area (Å²) in [6.07, 6.45) is 1.47. The zero-order chi connectivity index (χ0) is 21.3. The summed E-state index contributed by atoms with van der Waals surface area (Å²) in [5.74, 6) is 0.209. The van der Waals surface area contributed by atoms with E-state index >= 15 is 0 Å². The molecule has 30 heavy (non-hydrogen) atoms. The van der Waals surface area contributed by atoms with Gasteiger partial charge in [0.25, 0.3) is 5.91 Å². The summed E-state index contributed by atoms with van der Waals surface area (Å²) < 4.78 is 39.3. The molecule has 154 valence electrons.